The highest BCUT2D eigenvalue weighted by atomic mass is 32.2. The molecule has 0 saturated carbocycles. The van der Waals surface area contributed by atoms with Gasteiger partial charge in [0.15, 0.2) is 5.78 Å². The van der Waals surface area contributed by atoms with Crippen molar-refractivity contribution in [3.63, 3.8) is 0 Å². The number of ketones is 1. The second-order valence-electron chi connectivity index (χ2n) is 4.42. The molecule has 0 atom stereocenters. The Morgan fingerprint density at radius 1 is 1.41 bits per heavy atom. The molecule has 1 aromatic rings. The molecule has 0 unspecified atom stereocenters. The monoisotopic (exact) mass is 252 g/mol. The first kappa shape index (κ1) is 14.1. The number of thioether (sulfide) groups is 1. The third-order valence-electron chi connectivity index (χ3n) is 2.51. The number of rotatable bonds is 6. The average Bonchev–Trinajstić information content (AvgIpc) is 2.27. The number of methoxy groups -OCH3 is 1. The van der Waals surface area contributed by atoms with Crippen LogP contribution in [0.4, 0.5) is 0 Å². The van der Waals surface area contributed by atoms with Gasteiger partial charge in [-0.15, -0.1) is 11.8 Å². The van der Waals surface area contributed by atoms with E-state index in [9.17, 15) is 4.79 Å². The highest BCUT2D eigenvalue weighted by Gasteiger charge is 2.13. The predicted molar refractivity (Wildman–Crippen MR) is 73.2 cm³/mol. The van der Waals surface area contributed by atoms with Crippen molar-refractivity contribution in [3.8, 4) is 5.75 Å². The first-order valence-corrected chi connectivity index (χ1v) is 6.85. The molecule has 94 valence electrons. The van der Waals surface area contributed by atoms with Gasteiger partial charge < -0.3 is 4.74 Å². The highest BCUT2D eigenvalue weighted by Crippen LogP contribution is 2.31. The van der Waals surface area contributed by atoms with E-state index in [-0.39, 0.29) is 5.78 Å². The lowest BCUT2D eigenvalue weighted by Crippen LogP contribution is -2.00. The summed E-state index contributed by atoms with van der Waals surface area (Å²) in [6.07, 6.45) is 1.15. The molecule has 0 aromatic heterocycles. The zero-order valence-electron chi connectivity index (χ0n) is 10.9. The van der Waals surface area contributed by atoms with Crippen molar-refractivity contribution in [1.82, 2.24) is 0 Å². The van der Waals surface area contributed by atoms with Crippen molar-refractivity contribution in [2.75, 3.05) is 12.9 Å². The van der Waals surface area contributed by atoms with Gasteiger partial charge in [0, 0.05) is 4.90 Å². The molecule has 0 saturated heterocycles. The van der Waals surface area contributed by atoms with E-state index in [2.05, 4.69) is 13.8 Å². The summed E-state index contributed by atoms with van der Waals surface area (Å²) in [5, 5.41) is 0. The fraction of sp³-hybridized carbons (Fsp3) is 0.500. The first-order valence-electron chi connectivity index (χ1n) is 5.87. The molecule has 1 aromatic carbocycles. The Kier molecular flexibility index (Phi) is 5.56. The number of hydrogen-bond donors (Lipinski definition) is 0. The highest BCUT2D eigenvalue weighted by molar-refractivity contribution is 7.99. The van der Waals surface area contributed by atoms with Gasteiger partial charge in [-0.25, -0.2) is 0 Å². The number of carbonyl (C=O) groups excluding carboxylic acids is 1. The van der Waals surface area contributed by atoms with Gasteiger partial charge in [-0.1, -0.05) is 19.9 Å². The van der Waals surface area contributed by atoms with Crippen molar-refractivity contribution in [1.29, 1.82) is 0 Å². The fourth-order valence-corrected chi connectivity index (χ4v) is 2.93. The van der Waals surface area contributed by atoms with Crippen LogP contribution in [0.15, 0.2) is 23.1 Å². The summed E-state index contributed by atoms with van der Waals surface area (Å²) in [6.45, 7) is 6.00. The van der Waals surface area contributed by atoms with Crippen molar-refractivity contribution in [2.24, 2.45) is 5.92 Å². The molecule has 0 heterocycles. The number of carbonyl (C=O) groups is 1. The third kappa shape index (κ3) is 4.08. The van der Waals surface area contributed by atoms with Gasteiger partial charge in [0.1, 0.15) is 5.75 Å². The van der Waals surface area contributed by atoms with Crippen LogP contribution >= 0.6 is 11.8 Å². The largest absolute Gasteiger partial charge is 0.496 e. The Morgan fingerprint density at radius 3 is 2.65 bits per heavy atom. The van der Waals surface area contributed by atoms with Crippen LogP contribution < -0.4 is 4.74 Å². The van der Waals surface area contributed by atoms with Crippen LogP contribution in [-0.4, -0.2) is 18.6 Å². The second kappa shape index (κ2) is 6.70. The van der Waals surface area contributed by atoms with Gasteiger partial charge in [0.2, 0.25) is 0 Å². The molecular formula is C14H20O2S. The molecule has 0 N–H and O–H groups in total. The van der Waals surface area contributed by atoms with E-state index in [0.717, 1.165) is 17.1 Å². The van der Waals surface area contributed by atoms with Crippen LogP contribution in [0.25, 0.3) is 0 Å². The van der Waals surface area contributed by atoms with Crippen LogP contribution in [0.3, 0.4) is 0 Å². The molecule has 2 nitrogen and oxygen atoms in total. The fourth-order valence-electron chi connectivity index (χ4n) is 1.55. The predicted octanol–water partition coefficient (Wildman–Crippen LogP) is 4.04. The number of Topliss-reactive ketones (excluding diaryl/α,β-unsaturated/α-hetero) is 1. The summed E-state index contributed by atoms with van der Waals surface area (Å²) in [6, 6.07) is 5.76. The second-order valence-corrected chi connectivity index (χ2v) is 5.56. The Morgan fingerprint density at radius 2 is 2.12 bits per heavy atom. The summed E-state index contributed by atoms with van der Waals surface area (Å²) in [7, 11) is 1.60. The molecule has 0 amide bonds. The van der Waals surface area contributed by atoms with Gasteiger partial charge in [0.05, 0.1) is 12.7 Å². The average molecular weight is 252 g/mol. The van der Waals surface area contributed by atoms with E-state index >= 15 is 0 Å². The molecule has 17 heavy (non-hydrogen) atoms. The van der Waals surface area contributed by atoms with E-state index in [0.29, 0.717) is 17.2 Å². The quantitative estimate of drug-likeness (QED) is 0.564. The zero-order valence-corrected chi connectivity index (χ0v) is 11.8. The van der Waals surface area contributed by atoms with Crippen LogP contribution in [-0.2, 0) is 0 Å². The molecular weight excluding hydrogens is 232 g/mol. The lowest BCUT2D eigenvalue weighted by Gasteiger charge is -2.11. The molecule has 0 bridgehead atoms. The van der Waals surface area contributed by atoms with Crippen LogP contribution in [0.1, 0.15) is 37.6 Å². The smallest absolute Gasteiger partial charge is 0.164 e. The molecule has 1 rings (SSSR count). The van der Waals surface area contributed by atoms with Gasteiger partial charge in [-0.05, 0) is 37.1 Å². The minimum Gasteiger partial charge on any atom is -0.496 e. The topological polar surface area (TPSA) is 26.3 Å². The Balaban J connectivity index is 2.87. The Bertz CT molecular complexity index is 386. The van der Waals surface area contributed by atoms with Crippen molar-refractivity contribution < 1.29 is 9.53 Å². The summed E-state index contributed by atoms with van der Waals surface area (Å²) in [4.78, 5) is 12.7. The maximum Gasteiger partial charge on any atom is 0.164 e. The number of ether oxygens (including phenoxy) is 1. The molecule has 0 fully saturated rings. The molecule has 0 spiro atoms. The van der Waals surface area contributed by atoms with Crippen LogP contribution in [0, 0.1) is 5.92 Å². The molecule has 0 aliphatic rings. The minimum absolute atomic E-state index is 0.0643. The standard InChI is InChI=1S/C14H20O2S/c1-10(2)8-9-17-13-7-5-6-12(16-4)14(13)11(3)15/h5-7,10H,8-9H2,1-4H3. The lowest BCUT2D eigenvalue weighted by atomic mass is 10.1. The number of hydrogen-bond acceptors (Lipinski definition) is 3. The SMILES string of the molecule is COc1cccc(SCCC(C)C)c1C(C)=O. The van der Waals surface area contributed by atoms with Crippen molar-refractivity contribution >= 4 is 17.5 Å². The van der Waals surface area contributed by atoms with Crippen LogP contribution in [0.5, 0.6) is 5.75 Å². The maximum absolute atomic E-state index is 11.6. The summed E-state index contributed by atoms with van der Waals surface area (Å²) in [5.41, 5.74) is 0.712. The van der Waals surface area contributed by atoms with Crippen molar-refractivity contribution in [3.05, 3.63) is 23.8 Å². The van der Waals surface area contributed by atoms with Crippen LogP contribution in [0.2, 0.25) is 0 Å². The lowest BCUT2D eigenvalue weighted by molar-refractivity contribution is 0.101. The normalized spacial score (nSPS) is 10.6. The Hall–Kier alpha value is -0.960. The molecule has 0 aliphatic heterocycles. The van der Waals surface area contributed by atoms with Gasteiger partial charge in [0.25, 0.3) is 0 Å². The number of benzene rings is 1. The third-order valence-corrected chi connectivity index (χ3v) is 3.60. The maximum atomic E-state index is 11.6. The van der Waals surface area contributed by atoms with E-state index in [4.69, 9.17) is 4.74 Å². The minimum atomic E-state index is 0.0643. The van der Waals surface area contributed by atoms with E-state index in [1.165, 1.54) is 0 Å². The molecule has 0 aliphatic carbocycles. The van der Waals surface area contributed by atoms with E-state index in [1.54, 1.807) is 25.8 Å². The van der Waals surface area contributed by atoms with E-state index in [1.807, 2.05) is 18.2 Å². The van der Waals surface area contributed by atoms with E-state index < -0.39 is 0 Å². The van der Waals surface area contributed by atoms with Crippen molar-refractivity contribution in [2.45, 2.75) is 32.1 Å². The Labute approximate surface area is 108 Å². The zero-order chi connectivity index (χ0) is 12.8. The first-order chi connectivity index (χ1) is 8.06. The van der Waals surface area contributed by atoms with Gasteiger partial charge in [-0.3, -0.25) is 4.79 Å². The summed E-state index contributed by atoms with van der Waals surface area (Å²) < 4.78 is 5.24. The van der Waals surface area contributed by atoms with Gasteiger partial charge in [-0.2, -0.15) is 0 Å². The molecule has 3 heteroatoms. The summed E-state index contributed by atoms with van der Waals surface area (Å²) in [5.74, 6) is 2.46. The van der Waals surface area contributed by atoms with Gasteiger partial charge >= 0.3 is 0 Å². The molecule has 0 radical (unpaired) electrons. The summed E-state index contributed by atoms with van der Waals surface area (Å²) >= 11 is 1.73.